The Hall–Kier alpha value is -0.280. The van der Waals surface area contributed by atoms with Gasteiger partial charge in [0.1, 0.15) is 0 Å². The minimum Gasteiger partial charge on any atom is -0.340 e. The summed E-state index contributed by atoms with van der Waals surface area (Å²) in [6.45, 7) is 3.84. The second kappa shape index (κ2) is 4.13. The van der Waals surface area contributed by atoms with Crippen LogP contribution in [0.2, 0.25) is 0 Å². The zero-order valence-electron chi connectivity index (χ0n) is 10.1. The highest BCUT2D eigenvalue weighted by Crippen LogP contribution is 2.69. The third kappa shape index (κ3) is 1.62. The molecule has 4 heteroatoms. The number of piperazine rings is 1. The molecule has 4 fully saturated rings. The molecule has 1 amide bonds. The zero-order valence-corrected chi connectivity index (χ0v) is 10.9. The van der Waals surface area contributed by atoms with Gasteiger partial charge in [-0.1, -0.05) is 0 Å². The smallest absolute Gasteiger partial charge is 0.226 e. The molecule has 1 heterocycles. The maximum absolute atomic E-state index is 12.4. The summed E-state index contributed by atoms with van der Waals surface area (Å²) in [4.78, 5) is 14.5. The number of halogens is 1. The molecule has 0 radical (unpaired) electrons. The minimum absolute atomic E-state index is 0. The molecule has 1 aliphatic heterocycles. The van der Waals surface area contributed by atoms with E-state index in [4.69, 9.17) is 0 Å². The Morgan fingerprint density at radius 1 is 1.06 bits per heavy atom. The molecule has 4 unspecified atom stereocenters. The summed E-state index contributed by atoms with van der Waals surface area (Å²) in [5, 5.41) is 3.32. The molecule has 0 aromatic rings. The van der Waals surface area contributed by atoms with Crippen molar-refractivity contribution in [3.8, 4) is 0 Å². The van der Waals surface area contributed by atoms with Gasteiger partial charge in [0, 0.05) is 32.1 Å². The molecule has 4 aliphatic rings. The summed E-state index contributed by atoms with van der Waals surface area (Å²) < 4.78 is 0. The summed E-state index contributed by atoms with van der Waals surface area (Å²) in [7, 11) is 0. The van der Waals surface area contributed by atoms with Crippen LogP contribution in [0.15, 0.2) is 0 Å². The summed E-state index contributed by atoms with van der Waals surface area (Å²) in [5.41, 5.74) is 0. The molecule has 3 saturated carbocycles. The fraction of sp³-hybridized carbons (Fsp3) is 0.923. The predicted molar refractivity (Wildman–Crippen MR) is 68.0 cm³/mol. The lowest BCUT2D eigenvalue weighted by molar-refractivity contribution is -0.134. The van der Waals surface area contributed by atoms with Crippen LogP contribution in [-0.2, 0) is 4.79 Å². The highest BCUT2D eigenvalue weighted by atomic mass is 35.5. The normalized spacial score (nSPS) is 46.4. The average Bonchev–Trinajstić information content (AvgIpc) is 2.77. The molecule has 4 atom stereocenters. The predicted octanol–water partition coefficient (Wildman–Crippen LogP) is 1.13. The molecule has 1 saturated heterocycles. The van der Waals surface area contributed by atoms with Crippen molar-refractivity contribution in [2.24, 2.45) is 29.6 Å². The maximum Gasteiger partial charge on any atom is 0.226 e. The number of nitrogens with zero attached hydrogens (tertiary/aromatic N) is 1. The summed E-state index contributed by atoms with van der Waals surface area (Å²) in [6, 6.07) is 0. The van der Waals surface area contributed by atoms with Crippen molar-refractivity contribution in [1.29, 1.82) is 0 Å². The molecule has 17 heavy (non-hydrogen) atoms. The Morgan fingerprint density at radius 2 is 1.65 bits per heavy atom. The number of carbonyl (C=O) groups is 1. The number of fused-ring (bicyclic) bond motifs is 5. The van der Waals surface area contributed by atoms with Crippen LogP contribution in [-0.4, -0.2) is 37.0 Å². The van der Waals surface area contributed by atoms with E-state index < -0.39 is 0 Å². The van der Waals surface area contributed by atoms with Gasteiger partial charge >= 0.3 is 0 Å². The van der Waals surface area contributed by atoms with E-state index in [2.05, 4.69) is 10.2 Å². The van der Waals surface area contributed by atoms with Crippen LogP contribution in [0.25, 0.3) is 0 Å². The van der Waals surface area contributed by atoms with Crippen LogP contribution in [0.1, 0.15) is 19.3 Å². The van der Waals surface area contributed by atoms with E-state index in [0.717, 1.165) is 49.9 Å². The molecule has 96 valence electrons. The SMILES string of the molecule is Cl.O=C(C1C2C3CCC(C3)C12)N1CCNCC1. The van der Waals surface area contributed by atoms with Gasteiger partial charge in [0.05, 0.1) is 0 Å². The lowest BCUT2D eigenvalue weighted by atomic mass is 10.0. The molecular formula is C13H21ClN2O. The van der Waals surface area contributed by atoms with Crippen molar-refractivity contribution in [3.05, 3.63) is 0 Å². The Kier molecular flexibility index (Phi) is 2.86. The molecule has 2 bridgehead atoms. The molecule has 4 rings (SSSR count). The van der Waals surface area contributed by atoms with Gasteiger partial charge in [-0.25, -0.2) is 0 Å². The molecule has 0 aromatic carbocycles. The summed E-state index contributed by atoms with van der Waals surface area (Å²) in [5.74, 6) is 4.40. The van der Waals surface area contributed by atoms with Gasteiger partial charge < -0.3 is 10.2 Å². The zero-order chi connectivity index (χ0) is 10.7. The van der Waals surface area contributed by atoms with Crippen LogP contribution in [0.5, 0.6) is 0 Å². The topological polar surface area (TPSA) is 32.3 Å². The second-order valence-corrected chi connectivity index (χ2v) is 6.09. The van der Waals surface area contributed by atoms with Gasteiger partial charge in [-0.05, 0) is 42.9 Å². The molecule has 3 nitrogen and oxygen atoms in total. The Balaban J connectivity index is 0.000000902. The first kappa shape index (κ1) is 11.8. The fourth-order valence-corrected chi connectivity index (χ4v) is 4.75. The average molecular weight is 257 g/mol. The fourth-order valence-electron chi connectivity index (χ4n) is 4.75. The van der Waals surface area contributed by atoms with Gasteiger partial charge in [0.15, 0.2) is 0 Å². The summed E-state index contributed by atoms with van der Waals surface area (Å²) >= 11 is 0. The van der Waals surface area contributed by atoms with Crippen LogP contribution in [0.4, 0.5) is 0 Å². The largest absolute Gasteiger partial charge is 0.340 e. The second-order valence-electron chi connectivity index (χ2n) is 6.09. The quantitative estimate of drug-likeness (QED) is 0.763. The first-order chi connectivity index (χ1) is 7.86. The van der Waals surface area contributed by atoms with E-state index in [1.807, 2.05) is 0 Å². The van der Waals surface area contributed by atoms with E-state index in [1.54, 1.807) is 0 Å². The van der Waals surface area contributed by atoms with Crippen molar-refractivity contribution in [2.45, 2.75) is 19.3 Å². The first-order valence-corrected chi connectivity index (χ1v) is 6.86. The van der Waals surface area contributed by atoms with Crippen LogP contribution < -0.4 is 5.32 Å². The summed E-state index contributed by atoms with van der Waals surface area (Å²) in [6.07, 6.45) is 4.27. The molecule has 1 N–H and O–H groups in total. The monoisotopic (exact) mass is 256 g/mol. The van der Waals surface area contributed by atoms with E-state index >= 15 is 0 Å². The van der Waals surface area contributed by atoms with Crippen molar-refractivity contribution >= 4 is 18.3 Å². The van der Waals surface area contributed by atoms with Gasteiger partial charge in [0.25, 0.3) is 0 Å². The minimum atomic E-state index is 0. The van der Waals surface area contributed by atoms with Gasteiger partial charge in [0.2, 0.25) is 5.91 Å². The number of nitrogens with one attached hydrogen (secondary N) is 1. The first-order valence-electron chi connectivity index (χ1n) is 6.86. The Bertz CT molecular complexity index is 313. The van der Waals surface area contributed by atoms with E-state index in [0.29, 0.717) is 11.8 Å². The van der Waals surface area contributed by atoms with Crippen LogP contribution >= 0.6 is 12.4 Å². The standard InChI is InChI=1S/C13H20N2O.ClH/c16-13(15-5-3-14-4-6-15)12-10-8-1-2-9(7-8)11(10)12;/h8-12,14H,1-7H2;1H. The van der Waals surface area contributed by atoms with Crippen molar-refractivity contribution < 1.29 is 4.79 Å². The number of hydrogen-bond acceptors (Lipinski definition) is 2. The third-order valence-electron chi connectivity index (χ3n) is 5.45. The van der Waals surface area contributed by atoms with Gasteiger partial charge in [-0.15, -0.1) is 12.4 Å². The number of amides is 1. The molecular weight excluding hydrogens is 236 g/mol. The highest BCUT2D eigenvalue weighted by molar-refractivity contribution is 5.85. The number of hydrogen-bond donors (Lipinski definition) is 1. The van der Waals surface area contributed by atoms with E-state index in [1.165, 1.54) is 19.3 Å². The highest BCUT2D eigenvalue weighted by Gasteiger charge is 2.67. The third-order valence-corrected chi connectivity index (χ3v) is 5.45. The number of carbonyl (C=O) groups excluding carboxylic acids is 1. The van der Waals surface area contributed by atoms with Crippen LogP contribution in [0, 0.1) is 29.6 Å². The van der Waals surface area contributed by atoms with Gasteiger partial charge in [-0.3, -0.25) is 4.79 Å². The lowest BCUT2D eigenvalue weighted by Gasteiger charge is -2.28. The maximum atomic E-state index is 12.4. The van der Waals surface area contributed by atoms with Crippen LogP contribution in [0.3, 0.4) is 0 Å². The molecule has 0 spiro atoms. The van der Waals surface area contributed by atoms with E-state index in [9.17, 15) is 4.79 Å². The molecule has 0 aromatic heterocycles. The van der Waals surface area contributed by atoms with Crippen molar-refractivity contribution in [2.75, 3.05) is 26.2 Å². The van der Waals surface area contributed by atoms with Gasteiger partial charge in [-0.2, -0.15) is 0 Å². The molecule has 3 aliphatic carbocycles. The van der Waals surface area contributed by atoms with Crippen molar-refractivity contribution in [1.82, 2.24) is 10.2 Å². The lowest BCUT2D eigenvalue weighted by Crippen LogP contribution is -2.47. The Morgan fingerprint density at radius 3 is 2.24 bits per heavy atom. The number of rotatable bonds is 1. The van der Waals surface area contributed by atoms with Crippen molar-refractivity contribution in [3.63, 3.8) is 0 Å². The Labute approximate surface area is 109 Å². The van der Waals surface area contributed by atoms with E-state index in [-0.39, 0.29) is 12.4 Å².